The van der Waals surface area contributed by atoms with Crippen molar-refractivity contribution in [3.05, 3.63) is 41.6 Å². The maximum atomic E-state index is 4.70. The molecule has 3 nitrogen and oxygen atoms in total. The van der Waals surface area contributed by atoms with E-state index in [0.29, 0.717) is 6.04 Å². The minimum atomic E-state index is 0.427. The molecule has 0 atom stereocenters. The molecule has 4 heteroatoms. The van der Waals surface area contributed by atoms with E-state index in [2.05, 4.69) is 60.8 Å². The largest absolute Gasteiger partial charge is 0.357 e. The monoisotopic (exact) mass is 321 g/mol. The molecule has 0 bridgehead atoms. The van der Waals surface area contributed by atoms with Gasteiger partial charge in [0.15, 0.2) is 0 Å². The number of anilines is 1. The lowest BCUT2D eigenvalue weighted by Gasteiger charge is -2.25. The van der Waals surface area contributed by atoms with Crippen LogP contribution in [-0.2, 0) is 5.33 Å². The number of hydrogen-bond acceptors (Lipinski definition) is 2. The summed E-state index contributed by atoms with van der Waals surface area (Å²) < 4.78 is 2.03. The van der Waals surface area contributed by atoms with E-state index in [9.17, 15) is 0 Å². The number of hydrogen-bond donors (Lipinski definition) is 0. The van der Waals surface area contributed by atoms with Crippen LogP contribution in [0.3, 0.4) is 0 Å². The molecule has 0 amide bonds. The summed E-state index contributed by atoms with van der Waals surface area (Å²) >= 11 is 3.58. The van der Waals surface area contributed by atoms with Gasteiger partial charge in [-0.2, -0.15) is 5.10 Å². The third-order valence-electron chi connectivity index (χ3n) is 3.40. The Morgan fingerprint density at radius 2 is 1.89 bits per heavy atom. The topological polar surface area (TPSA) is 21.1 Å². The number of nitrogens with zero attached hydrogens (tertiary/aromatic N) is 3. The van der Waals surface area contributed by atoms with Gasteiger partial charge in [-0.05, 0) is 32.9 Å². The molecular formula is C15H20BrN3. The second-order valence-electron chi connectivity index (χ2n) is 4.97. The van der Waals surface area contributed by atoms with Crippen molar-refractivity contribution in [2.45, 2.75) is 32.1 Å². The van der Waals surface area contributed by atoms with Gasteiger partial charge in [0.05, 0.1) is 11.4 Å². The van der Waals surface area contributed by atoms with Gasteiger partial charge in [0.1, 0.15) is 5.82 Å². The quantitative estimate of drug-likeness (QED) is 0.796. The first-order valence-electron chi connectivity index (χ1n) is 6.49. The standard InChI is InChI=1S/C15H20BrN3/c1-11(2)18(4)15-14(10-16)12(3)17-19(15)13-8-6-5-7-9-13/h5-9,11H,10H2,1-4H3. The second-order valence-corrected chi connectivity index (χ2v) is 5.53. The number of alkyl halides is 1. The van der Waals surface area contributed by atoms with Crippen LogP contribution in [0.25, 0.3) is 5.69 Å². The van der Waals surface area contributed by atoms with Crippen molar-refractivity contribution in [2.24, 2.45) is 0 Å². The van der Waals surface area contributed by atoms with Crippen LogP contribution in [0, 0.1) is 6.92 Å². The zero-order valence-electron chi connectivity index (χ0n) is 11.9. The zero-order valence-corrected chi connectivity index (χ0v) is 13.5. The number of benzene rings is 1. The Bertz CT molecular complexity index is 546. The maximum Gasteiger partial charge on any atom is 0.136 e. The fraction of sp³-hybridized carbons (Fsp3) is 0.400. The van der Waals surface area contributed by atoms with Crippen molar-refractivity contribution in [3.63, 3.8) is 0 Å². The van der Waals surface area contributed by atoms with Gasteiger partial charge in [0, 0.05) is 24.0 Å². The lowest BCUT2D eigenvalue weighted by molar-refractivity contribution is 0.715. The van der Waals surface area contributed by atoms with Crippen molar-refractivity contribution >= 4 is 21.7 Å². The van der Waals surface area contributed by atoms with Gasteiger partial charge < -0.3 is 4.90 Å². The fourth-order valence-electron chi connectivity index (χ4n) is 2.06. The van der Waals surface area contributed by atoms with Crippen LogP contribution in [0.15, 0.2) is 30.3 Å². The summed E-state index contributed by atoms with van der Waals surface area (Å²) in [6.45, 7) is 6.44. The summed E-state index contributed by atoms with van der Waals surface area (Å²) in [6, 6.07) is 10.7. The summed E-state index contributed by atoms with van der Waals surface area (Å²) in [5.41, 5.74) is 3.42. The molecule has 19 heavy (non-hydrogen) atoms. The average Bonchev–Trinajstić information content (AvgIpc) is 2.75. The minimum absolute atomic E-state index is 0.427. The van der Waals surface area contributed by atoms with Gasteiger partial charge in [0.2, 0.25) is 0 Å². The normalized spacial score (nSPS) is 11.1. The van der Waals surface area contributed by atoms with E-state index in [1.165, 1.54) is 5.56 Å². The Morgan fingerprint density at radius 3 is 2.42 bits per heavy atom. The van der Waals surface area contributed by atoms with Gasteiger partial charge in [0.25, 0.3) is 0 Å². The number of para-hydroxylation sites is 1. The van der Waals surface area contributed by atoms with Crippen LogP contribution in [0.2, 0.25) is 0 Å². The third-order valence-corrected chi connectivity index (χ3v) is 3.96. The maximum absolute atomic E-state index is 4.70. The summed E-state index contributed by atoms with van der Waals surface area (Å²) in [7, 11) is 2.12. The van der Waals surface area contributed by atoms with Crippen molar-refractivity contribution in [1.29, 1.82) is 0 Å². The first-order valence-corrected chi connectivity index (χ1v) is 7.61. The number of aromatic nitrogens is 2. The molecule has 2 aromatic rings. The third kappa shape index (κ3) is 2.68. The van der Waals surface area contributed by atoms with Gasteiger partial charge in [-0.3, -0.25) is 0 Å². The predicted octanol–water partition coefficient (Wildman–Crippen LogP) is 3.92. The number of aryl methyl sites for hydroxylation is 1. The molecule has 0 saturated carbocycles. The molecule has 0 spiro atoms. The summed E-state index contributed by atoms with van der Waals surface area (Å²) in [5.74, 6) is 1.16. The highest BCUT2D eigenvalue weighted by Crippen LogP contribution is 2.29. The van der Waals surface area contributed by atoms with Crippen molar-refractivity contribution < 1.29 is 0 Å². The summed E-state index contributed by atoms with van der Waals surface area (Å²) in [5, 5.41) is 5.52. The second kappa shape index (κ2) is 5.78. The molecule has 0 radical (unpaired) electrons. The van der Waals surface area contributed by atoms with E-state index in [1.807, 2.05) is 22.9 Å². The van der Waals surface area contributed by atoms with Gasteiger partial charge in [-0.25, -0.2) is 4.68 Å². The number of halogens is 1. The molecule has 0 aliphatic rings. The Kier molecular flexibility index (Phi) is 4.30. The molecule has 1 heterocycles. The van der Waals surface area contributed by atoms with Crippen molar-refractivity contribution in [3.8, 4) is 5.69 Å². The van der Waals surface area contributed by atoms with E-state index in [4.69, 9.17) is 5.10 Å². The van der Waals surface area contributed by atoms with E-state index >= 15 is 0 Å². The first-order chi connectivity index (χ1) is 9.06. The smallest absolute Gasteiger partial charge is 0.136 e. The van der Waals surface area contributed by atoms with E-state index < -0.39 is 0 Å². The predicted molar refractivity (Wildman–Crippen MR) is 84.5 cm³/mol. The van der Waals surface area contributed by atoms with Gasteiger partial charge >= 0.3 is 0 Å². The Balaban J connectivity index is 2.61. The summed E-state index contributed by atoms with van der Waals surface area (Å²) in [4.78, 5) is 2.27. The SMILES string of the molecule is Cc1nn(-c2ccccc2)c(N(C)C(C)C)c1CBr. The lowest BCUT2D eigenvalue weighted by atomic mass is 10.2. The molecular weight excluding hydrogens is 302 g/mol. The Morgan fingerprint density at radius 1 is 1.26 bits per heavy atom. The van der Waals surface area contributed by atoms with Crippen LogP contribution >= 0.6 is 15.9 Å². The van der Waals surface area contributed by atoms with Crippen LogP contribution < -0.4 is 4.90 Å². The minimum Gasteiger partial charge on any atom is -0.357 e. The molecule has 0 N–H and O–H groups in total. The Hall–Kier alpha value is -1.29. The van der Waals surface area contributed by atoms with Crippen LogP contribution in [0.4, 0.5) is 5.82 Å². The Labute approximate surface area is 123 Å². The van der Waals surface area contributed by atoms with Crippen molar-refractivity contribution in [2.75, 3.05) is 11.9 Å². The molecule has 2 rings (SSSR count). The van der Waals surface area contributed by atoms with Crippen molar-refractivity contribution in [1.82, 2.24) is 9.78 Å². The number of rotatable bonds is 4. The summed E-state index contributed by atoms with van der Waals surface area (Å²) in [6.07, 6.45) is 0. The van der Waals surface area contributed by atoms with E-state index in [1.54, 1.807) is 0 Å². The van der Waals surface area contributed by atoms with Gasteiger partial charge in [-0.1, -0.05) is 34.1 Å². The molecule has 0 aliphatic heterocycles. The van der Waals surface area contributed by atoms with Crippen LogP contribution in [0.1, 0.15) is 25.1 Å². The highest BCUT2D eigenvalue weighted by molar-refractivity contribution is 9.08. The molecule has 1 aromatic heterocycles. The lowest BCUT2D eigenvalue weighted by Crippen LogP contribution is -2.28. The zero-order chi connectivity index (χ0) is 14.0. The van der Waals surface area contributed by atoms with E-state index in [0.717, 1.165) is 22.5 Å². The molecule has 0 fully saturated rings. The average molecular weight is 322 g/mol. The molecule has 1 aromatic carbocycles. The molecule has 0 unspecified atom stereocenters. The van der Waals surface area contributed by atoms with E-state index in [-0.39, 0.29) is 0 Å². The molecule has 0 aliphatic carbocycles. The highest BCUT2D eigenvalue weighted by atomic mass is 79.9. The van der Waals surface area contributed by atoms with Crippen LogP contribution in [0.5, 0.6) is 0 Å². The highest BCUT2D eigenvalue weighted by Gasteiger charge is 2.20. The first kappa shape index (κ1) is 14.1. The fourth-order valence-corrected chi connectivity index (χ4v) is 2.72. The van der Waals surface area contributed by atoms with Gasteiger partial charge in [-0.15, -0.1) is 0 Å². The van der Waals surface area contributed by atoms with Crippen LogP contribution in [-0.4, -0.2) is 22.9 Å². The molecule has 0 saturated heterocycles. The molecule has 102 valence electrons.